The van der Waals surface area contributed by atoms with Crippen molar-refractivity contribution in [3.63, 3.8) is 0 Å². The molecule has 426 valence electrons. The quantitative estimate of drug-likeness (QED) is 0.0590. The Labute approximate surface area is 447 Å². The monoisotopic (exact) mass is 1080 g/mol. The number of amides is 10. The molecule has 0 bridgehead atoms. The summed E-state index contributed by atoms with van der Waals surface area (Å²) in [5, 5.41) is 56.6. The van der Waals surface area contributed by atoms with Crippen LogP contribution < -0.4 is 70.4 Å². The third-order valence-corrected chi connectivity index (χ3v) is 12.4. The van der Waals surface area contributed by atoms with E-state index in [9.17, 15) is 63.3 Å². The van der Waals surface area contributed by atoms with Crippen LogP contribution in [0.1, 0.15) is 88.2 Å². The predicted octanol–water partition coefficient (Wildman–Crippen LogP) is -5.17. The smallest absolute Gasteiger partial charge is 0.252 e. The lowest BCUT2D eigenvalue weighted by molar-refractivity contribution is -0.136. The third kappa shape index (κ3) is 20.8. The molecule has 0 aliphatic carbocycles. The average Bonchev–Trinajstić information content (AvgIpc) is 3.39. The number of carbonyl (C=O) groups is 10. The van der Waals surface area contributed by atoms with E-state index in [0.29, 0.717) is 12.0 Å². The summed E-state index contributed by atoms with van der Waals surface area (Å²) in [7, 11) is 0. The van der Waals surface area contributed by atoms with Crippen LogP contribution in [0.4, 0.5) is 0 Å². The van der Waals surface area contributed by atoms with E-state index in [1.807, 2.05) is 6.92 Å². The maximum absolute atomic E-state index is 14.3. The van der Waals surface area contributed by atoms with Gasteiger partial charge < -0.3 is 85.7 Å². The van der Waals surface area contributed by atoms with Crippen LogP contribution in [-0.2, 0) is 56.0 Å². The number of hydrogen-bond acceptors (Lipinski definition) is 16. The molecule has 2 aromatic rings. The number of benzene rings is 2. The molecule has 10 amide bonds. The number of nitrogens with one attached hydrogen (secondary N) is 10. The zero-order chi connectivity index (χ0) is 57.4. The number of rotatable bonds is 20. The highest BCUT2D eigenvalue weighted by molar-refractivity contribution is 6.00. The van der Waals surface area contributed by atoms with Gasteiger partial charge in [-0.25, -0.2) is 0 Å². The van der Waals surface area contributed by atoms with Crippen LogP contribution in [0, 0.1) is 5.92 Å². The molecule has 0 unspecified atom stereocenters. The zero-order valence-electron chi connectivity index (χ0n) is 44.3. The Kier molecular flexibility index (Phi) is 27.1. The van der Waals surface area contributed by atoms with Crippen LogP contribution in [0.2, 0.25) is 0 Å². The second-order valence-corrected chi connectivity index (χ2v) is 19.2. The first-order valence-electron chi connectivity index (χ1n) is 25.8. The van der Waals surface area contributed by atoms with Gasteiger partial charge in [-0.2, -0.15) is 0 Å². The number of aliphatic hydroxyl groups excluding tert-OH is 3. The molecule has 1 aliphatic heterocycles. The summed E-state index contributed by atoms with van der Waals surface area (Å²) in [6, 6.07) is 1.19. The SMILES string of the molecule is CCc1ccc(C(=O)N[C@H](C(=O)N[C@H](CO)C(=O)N[C@H]2CCNC(=O)[C@H]([C@@H](C)O)NC(=O)[C@H](CCN)NC(=O)[C@H](CCN)NC(=O)[C@H](CC(C)C)NC(=O)[C@@H](Cc3ccccc3)NC(=O)[C@H](CCN)NC2=O)[C@@H](C)O)cc1. The van der Waals surface area contributed by atoms with Crippen molar-refractivity contribution < 1.29 is 63.3 Å². The Balaban J connectivity index is 2.09. The van der Waals surface area contributed by atoms with Gasteiger partial charge in [0.05, 0.1) is 18.8 Å². The van der Waals surface area contributed by atoms with E-state index in [4.69, 9.17) is 17.2 Å². The summed E-state index contributed by atoms with van der Waals surface area (Å²) in [6.45, 7) is 5.90. The standard InChI is InChI=1S/C51H79N13O13/c1-6-30-12-14-32(15-13-30)42(68)63-41(29(5)67)51(77)62-39(26-65)49(75)59-36-19-23-55-50(76)40(28(4)66)64-46(72)35(18-22-54)57-43(69)33(16-20-52)58-47(73)37(24-27(2)3)60-48(74)38(25-31-10-8-7-9-11-31)61-44(70)34(17-21-53)56-45(36)71/h7-15,27-29,33-41,65-67H,6,16-26,52-54H2,1-5H3,(H,55,76)(H,56,71)(H,57,69)(H,58,73)(H,59,75)(H,60,74)(H,61,70)(H,62,77)(H,63,68)(H,64,72)/t28-,29-,33+,34+,35+,36+,37+,38-,39-,40+,41+/m1/s1. The molecule has 77 heavy (non-hydrogen) atoms. The summed E-state index contributed by atoms with van der Waals surface area (Å²) in [5.74, 6) is -9.63. The Bertz CT molecular complexity index is 2310. The first-order chi connectivity index (χ1) is 36.6. The molecule has 2 aromatic carbocycles. The van der Waals surface area contributed by atoms with Crippen LogP contribution in [0.25, 0.3) is 0 Å². The molecular formula is C51H79N13O13. The summed E-state index contributed by atoms with van der Waals surface area (Å²) < 4.78 is 0. The molecule has 19 N–H and O–H groups in total. The van der Waals surface area contributed by atoms with E-state index >= 15 is 0 Å². The number of aliphatic hydroxyl groups is 3. The first kappa shape index (κ1) is 64.2. The molecule has 3 rings (SSSR count). The van der Waals surface area contributed by atoms with Crippen molar-refractivity contribution in [2.24, 2.45) is 23.1 Å². The van der Waals surface area contributed by atoms with Gasteiger partial charge in [0, 0.05) is 18.5 Å². The highest BCUT2D eigenvalue weighted by Crippen LogP contribution is 2.12. The van der Waals surface area contributed by atoms with Crippen LogP contribution in [0.15, 0.2) is 54.6 Å². The number of hydrogen-bond donors (Lipinski definition) is 16. The molecule has 0 spiro atoms. The van der Waals surface area contributed by atoms with Gasteiger partial charge in [-0.1, -0.05) is 63.2 Å². The molecular weight excluding hydrogens is 1000 g/mol. The molecule has 0 aromatic heterocycles. The van der Waals surface area contributed by atoms with E-state index in [2.05, 4.69) is 53.2 Å². The van der Waals surface area contributed by atoms with Gasteiger partial charge in [0.1, 0.15) is 54.4 Å². The lowest BCUT2D eigenvalue weighted by Crippen LogP contribution is -2.61. The second kappa shape index (κ2) is 32.5. The van der Waals surface area contributed by atoms with Gasteiger partial charge in [-0.3, -0.25) is 47.9 Å². The van der Waals surface area contributed by atoms with E-state index in [1.54, 1.807) is 56.3 Å². The Morgan fingerprint density at radius 3 is 1.60 bits per heavy atom. The van der Waals surface area contributed by atoms with Crippen molar-refractivity contribution in [3.05, 3.63) is 71.3 Å². The van der Waals surface area contributed by atoms with E-state index in [1.165, 1.54) is 26.0 Å². The van der Waals surface area contributed by atoms with Crippen molar-refractivity contribution in [2.75, 3.05) is 32.8 Å². The Morgan fingerprint density at radius 1 is 0.610 bits per heavy atom. The van der Waals surface area contributed by atoms with Gasteiger partial charge in [0.2, 0.25) is 53.2 Å². The van der Waals surface area contributed by atoms with Crippen LogP contribution in [-0.4, -0.2) is 174 Å². The van der Waals surface area contributed by atoms with Crippen molar-refractivity contribution in [3.8, 4) is 0 Å². The number of aryl methyl sites for hydroxylation is 1. The van der Waals surface area contributed by atoms with Crippen molar-refractivity contribution >= 4 is 59.1 Å². The fourth-order valence-corrected chi connectivity index (χ4v) is 8.06. The minimum absolute atomic E-state index is 0.0487. The van der Waals surface area contributed by atoms with Crippen molar-refractivity contribution in [1.82, 2.24) is 53.2 Å². The summed E-state index contributed by atoms with van der Waals surface area (Å²) >= 11 is 0. The molecule has 1 heterocycles. The average molecular weight is 1080 g/mol. The summed E-state index contributed by atoms with van der Waals surface area (Å²) in [4.78, 5) is 139. The van der Waals surface area contributed by atoms with Crippen LogP contribution in [0.5, 0.6) is 0 Å². The van der Waals surface area contributed by atoms with Gasteiger partial charge in [-0.15, -0.1) is 0 Å². The Hall–Kier alpha value is -7.10. The van der Waals surface area contributed by atoms with Gasteiger partial charge in [0.15, 0.2) is 0 Å². The lowest BCUT2D eigenvalue weighted by atomic mass is 10.00. The molecule has 26 nitrogen and oxygen atoms in total. The van der Waals surface area contributed by atoms with E-state index in [-0.39, 0.29) is 63.2 Å². The molecule has 0 saturated carbocycles. The van der Waals surface area contributed by atoms with Crippen molar-refractivity contribution in [2.45, 2.75) is 146 Å². The van der Waals surface area contributed by atoms with Gasteiger partial charge in [0.25, 0.3) is 5.91 Å². The molecule has 11 atom stereocenters. The van der Waals surface area contributed by atoms with Gasteiger partial charge >= 0.3 is 0 Å². The maximum atomic E-state index is 14.3. The second-order valence-electron chi connectivity index (χ2n) is 19.2. The number of carbonyl (C=O) groups excluding carboxylic acids is 10. The molecule has 1 aliphatic rings. The van der Waals surface area contributed by atoms with E-state index < -0.39 is 145 Å². The first-order valence-corrected chi connectivity index (χ1v) is 25.8. The third-order valence-electron chi connectivity index (χ3n) is 12.4. The topological polar surface area (TPSA) is 430 Å². The predicted molar refractivity (Wildman–Crippen MR) is 281 cm³/mol. The highest BCUT2D eigenvalue weighted by Gasteiger charge is 2.37. The lowest BCUT2D eigenvalue weighted by Gasteiger charge is -2.28. The van der Waals surface area contributed by atoms with E-state index in [0.717, 1.165) is 5.56 Å². The largest absolute Gasteiger partial charge is 0.394 e. The molecule has 1 fully saturated rings. The van der Waals surface area contributed by atoms with Gasteiger partial charge in [-0.05, 0) is 101 Å². The number of nitrogens with two attached hydrogens (primary N) is 3. The normalized spacial score (nSPS) is 23.2. The molecule has 0 radical (unpaired) electrons. The van der Waals surface area contributed by atoms with Crippen LogP contribution in [0.3, 0.4) is 0 Å². The molecule has 1 saturated heterocycles. The molecule has 26 heteroatoms. The summed E-state index contributed by atoms with van der Waals surface area (Å²) in [6.07, 6.45) is -3.46. The fraction of sp³-hybridized carbons (Fsp3) is 0.569. The Morgan fingerprint density at radius 2 is 1.10 bits per heavy atom. The minimum Gasteiger partial charge on any atom is -0.394 e. The maximum Gasteiger partial charge on any atom is 0.252 e. The fourth-order valence-electron chi connectivity index (χ4n) is 8.06. The minimum atomic E-state index is -1.82. The summed E-state index contributed by atoms with van der Waals surface area (Å²) in [5.41, 5.74) is 19.3. The zero-order valence-corrected chi connectivity index (χ0v) is 44.3. The van der Waals surface area contributed by atoms with Crippen molar-refractivity contribution in [1.29, 1.82) is 0 Å². The highest BCUT2D eigenvalue weighted by atomic mass is 16.3. The van der Waals surface area contributed by atoms with Crippen LogP contribution >= 0.6 is 0 Å².